The Balaban J connectivity index is 1.61. The first-order valence-electron chi connectivity index (χ1n) is 10.7. The molecule has 1 fully saturated rings. The third-order valence-electron chi connectivity index (χ3n) is 5.39. The van der Waals surface area contributed by atoms with Gasteiger partial charge in [-0.3, -0.25) is 9.13 Å². The van der Waals surface area contributed by atoms with E-state index in [0.717, 1.165) is 12.1 Å². The summed E-state index contributed by atoms with van der Waals surface area (Å²) in [5.41, 5.74) is 5.97. The minimum Gasteiger partial charge on any atom is -0.464 e. The number of fused-ring (bicyclic) bond motifs is 1. The first kappa shape index (κ1) is 26.9. The van der Waals surface area contributed by atoms with E-state index in [-0.39, 0.29) is 35.0 Å². The Bertz CT molecular complexity index is 1350. The quantitative estimate of drug-likeness (QED) is 0.187. The molecule has 0 aliphatic carbocycles. The summed E-state index contributed by atoms with van der Waals surface area (Å²) in [5, 5.41) is 21.1. The molecule has 0 amide bonds. The zero-order valence-corrected chi connectivity index (χ0v) is 19.9. The molecule has 6 N–H and O–H groups in total. The summed E-state index contributed by atoms with van der Waals surface area (Å²) < 4.78 is 55.5. The van der Waals surface area contributed by atoms with Gasteiger partial charge in [0.15, 0.2) is 23.5 Å². The highest BCUT2D eigenvalue weighted by molar-refractivity contribution is 7.53. The number of halogens is 2. The Hall–Kier alpha value is -3.11. The van der Waals surface area contributed by atoms with Crippen molar-refractivity contribution in [2.24, 2.45) is 0 Å². The number of aromatic nitrogens is 4. The second kappa shape index (κ2) is 10.3. The van der Waals surface area contributed by atoms with Crippen LogP contribution in [0.2, 0.25) is 0 Å². The highest BCUT2D eigenvalue weighted by atomic mass is 31.2. The van der Waals surface area contributed by atoms with E-state index in [4.69, 9.17) is 15.2 Å². The van der Waals surface area contributed by atoms with Gasteiger partial charge in [0.1, 0.15) is 35.5 Å². The number of aliphatic hydroxyl groups is 2. The number of hydrogen-bond donors (Lipinski definition) is 5. The summed E-state index contributed by atoms with van der Waals surface area (Å²) in [6.07, 6.45) is -4.77. The van der Waals surface area contributed by atoms with Crippen molar-refractivity contribution in [1.29, 1.82) is 0 Å². The zero-order valence-electron chi connectivity index (χ0n) is 19.0. The van der Waals surface area contributed by atoms with Gasteiger partial charge in [0.25, 0.3) is 5.85 Å². The molecule has 200 valence electrons. The van der Waals surface area contributed by atoms with Crippen LogP contribution in [0.1, 0.15) is 13.2 Å². The highest BCUT2D eigenvalue weighted by Gasteiger charge is 2.46. The van der Waals surface area contributed by atoms with Gasteiger partial charge in [-0.2, -0.15) is 0 Å². The summed E-state index contributed by atoms with van der Waals surface area (Å²) in [7, 11) is -5.09. The number of carbonyl (C=O) groups excluding carboxylic acids is 1. The monoisotopic (exact) mass is 545 g/mol. The molecule has 1 aliphatic rings. The zero-order chi connectivity index (χ0) is 27.1. The largest absolute Gasteiger partial charge is 0.464 e. The van der Waals surface area contributed by atoms with Crippen molar-refractivity contribution in [3.63, 3.8) is 0 Å². The van der Waals surface area contributed by atoms with Gasteiger partial charge in [-0.1, -0.05) is 0 Å². The van der Waals surface area contributed by atoms with Gasteiger partial charge in [0.2, 0.25) is 0 Å². The lowest BCUT2D eigenvalue weighted by Crippen LogP contribution is -2.36. The van der Waals surface area contributed by atoms with Crippen LogP contribution in [0.3, 0.4) is 0 Å². The molecule has 37 heavy (non-hydrogen) atoms. The number of imidazole rings is 1. The molecule has 0 spiro atoms. The Kier molecular flexibility index (Phi) is 7.52. The third-order valence-corrected chi connectivity index (χ3v) is 6.36. The van der Waals surface area contributed by atoms with Gasteiger partial charge in [-0.05, 0) is 19.1 Å². The highest BCUT2D eigenvalue weighted by Crippen LogP contribution is 2.43. The summed E-state index contributed by atoms with van der Waals surface area (Å²) in [6, 6.07) is 2.65. The van der Waals surface area contributed by atoms with Crippen molar-refractivity contribution in [3.8, 4) is 11.4 Å². The smallest absolute Gasteiger partial charge is 0.365 e. The van der Waals surface area contributed by atoms with Crippen LogP contribution in [0.25, 0.3) is 22.6 Å². The minimum atomic E-state index is -5.09. The molecule has 3 aromatic rings. The number of esters is 1. The van der Waals surface area contributed by atoms with E-state index in [9.17, 15) is 38.1 Å². The molecule has 1 aromatic carbocycles. The van der Waals surface area contributed by atoms with Crippen LogP contribution in [0, 0.1) is 11.6 Å². The maximum absolute atomic E-state index is 13.7. The van der Waals surface area contributed by atoms with E-state index >= 15 is 0 Å². The molecule has 1 saturated heterocycles. The molecule has 0 unspecified atom stereocenters. The van der Waals surface area contributed by atoms with Crippen LogP contribution in [0.5, 0.6) is 0 Å². The predicted molar refractivity (Wildman–Crippen MR) is 119 cm³/mol. The molecule has 0 saturated carbocycles. The fourth-order valence-electron chi connectivity index (χ4n) is 3.74. The molecule has 4 rings (SSSR count). The maximum atomic E-state index is 13.7. The first-order chi connectivity index (χ1) is 17.4. The summed E-state index contributed by atoms with van der Waals surface area (Å²) >= 11 is 0. The van der Waals surface area contributed by atoms with Crippen molar-refractivity contribution in [1.82, 2.24) is 19.5 Å². The van der Waals surface area contributed by atoms with Gasteiger partial charge in [-0.15, -0.1) is 0 Å². The predicted octanol–water partition coefficient (Wildman–Crippen LogP) is 0.0564. The van der Waals surface area contributed by atoms with Crippen LogP contribution in [-0.2, 0) is 23.6 Å². The molecular formula is C20H22F2N5O9P. The van der Waals surface area contributed by atoms with Crippen LogP contribution < -0.4 is 5.73 Å². The molecule has 14 nitrogen and oxygen atoms in total. The first-order valence-corrected chi connectivity index (χ1v) is 12.4. The molecule has 5 atom stereocenters. The second-order valence-electron chi connectivity index (χ2n) is 7.99. The van der Waals surface area contributed by atoms with Gasteiger partial charge < -0.3 is 39.9 Å². The SMILES string of the molecule is CCOC(=O)[C@H](OC[C@H]1O[C@@H](n2cnc3c(N)nc(-c4cc(F)cc(F)c4)nc32)[C@H](O)[C@H]1O)P(=O)(O)O. The number of hydrogen-bond acceptors (Lipinski definition) is 11. The minimum absolute atomic E-state index is 0.00962. The normalized spacial score (nSPS) is 22.9. The lowest BCUT2D eigenvalue weighted by molar-refractivity contribution is -0.155. The van der Waals surface area contributed by atoms with Crippen LogP contribution >= 0.6 is 7.60 Å². The van der Waals surface area contributed by atoms with Gasteiger partial charge >= 0.3 is 13.6 Å². The summed E-state index contributed by atoms with van der Waals surface area (Å²) in [6.45, 7) is 0.563. The van der Waals surface area contributed by atoms with Crippen molar-refractivity contribution in [2.75, 3.05) is 18.9 Å². The van der Waals surface area contributed by atoms with Crippen LogP contribution in [-0.4, -0.2) is 82.9 Å². The fraction of sp³-hybridized carbons (Fsp3) is 0.400. The van der Waals surface area contributed by atoms with E-state index in [1.54, 1.807) is 0 Å². The lowest BCUT2D eigenvalue weighted by atomic mass is 10.1. The number of nitrogens with two attached hydrogens (primary N) is 1. The van der Waals surface area contributed by atoms with E-state index in [1.165, 1.54) is 17.8 Å². The van der Waals surface area contributed by atoms with Crippen molar-refractivity contribution in [3.05, 3.63) is 36.2 Å². The Morgan fingerprint density at radius 3 is 2.51 bits per heavy atom. The lowest BCUT2D eigenvalue weighted by Gasteiger charge is -2.20. The van der Waals surface area contributed by atoms with Gasteiger partial charge in [-0.25, -0.2) is 28.5 Å². The molecule has 1 aliphatic heterocycles. The second-order valence-corrected chi connectivity index (χ2v) is 9.63. The number of aliphatic hydroxyl groups excluding tert-OH is 2. The van der Waals surface area contributed by atoms with Crippen LogP contribution in [0.4, 0.5) is 14.6 Å². The molecule has 3 heterocycles. The number of nitrogen functional groups attached to an aromatic ring is 1. The van der Waals surface area contributed by atoms with Crippen LogP contribution in [0.15, 0.2) is 24.5 Å². The number of anilines is 1. The molecule has 0 radical (unpaired) electrons. The third kappa shape index (κ3) is 5.45. The average molecular weight is 545 g/mol. The molecule has 0 bridgehead atoms. The van der Waals surface area contributed by atoms with Crippen molar-refractivity contribution in [2.45, 2.75) is 37.3 Å². The number of rotatable bonds is 8. The number of ether oxygens (including phenoxy) is 3. The topological polar surface area (TPSA) is 212 Å². The molecule has 17 heteroatoms. The number of benzene rings is 1. The number of nitrogens with zero attached hydrogens (tertiary/aromatic N) is 4. The summed E-state index contributed by atoms with van der Waals surface area (Å²) in [5.74, 6) is -5.62. The standard InChI is InChI=1S/C20H22F2N5O9P/c1-2-34-19(30)20(37(31,32)33)35-6-11-13(28)14(29)18(36-11)27-7-24-12-15(23)25-16(26-17(12)27)8-3-9(21)5-10(22)4-8/h3-5,7,11,13-14,18,20,28-29H,2,6H2,1H3,(H2,23,25,26)(H2,31,32,33)/t11-,13+,14-,18-,20-/m1/s1. The van der Waals surface area contributed by atoms with Gasteiger partial charge in [0.05, 0.1) is 19.5 Å². The Morgan fingerprint density at radius 2 is 1.89 bits per heavy atom. The number of carbonyl (C=O) groups is 1. The molecular weight excluding hydrogens is 523 g/mol. The summed E-state index contributed by atoms with van der Waals surface area (Å²) in [4.78, 5) is 43.0. The van der Waals surface area contributed by atoms with E-state index in [0.29, 0.717) is 6.07 Å². The average Bonchev–Trinajstić information content (AvgIpc) is 3.34. The molecule has 2 aromatic heterocycles. The van der Waals surface area contributed by atoms with E-state index < -0.39 is 62.2 Å². The van der Waals surface area contributed by atoms with Gasteiger partial charge in [0, 0.05) is 11.6 Å². The van der Waals surface area contributed by atoms with Crippen molar-refractivity contribution >= 4 is 30.5 Å². The Labute approximate surface area is 206 Å². The maximum Gasteiger partial charge on any atom is 0.365 e. The fourth-order valence-corrected chi connectivity index (χ4v) is 4.36. The van der Waals surface area contributed by atoms with E-state index in [2.05, 4.69) is 19.7 Å². The van der Waals surface area contributed by atoms with E-state index in [1.807, 2.05) is 0 Å². The Morgan fingerprint density at radius 1 is 1.22 bits per heavy atom. The van der Waals surface area contributed by atoms with Crippen molar-refractivity contribution < 1.29 is 52.4 Å².